The van der Waals surface area contributed by atoms with E-state index in [4.69, 9.17) is 10.5 Å². The standard InChI is InChI=1S/C31H31N3O4S/c1-31(2,19-18-28(36)34-26-11-7-6-10-25(26)32)29(24-16-17-27(35)23-9-5-4-8-22(23)24)38-30(37)33-20-12-14-21(39-3)15-13-20/h4-19,29,35H,32H2,1-3H3,(H,33,37)(H,34,36)/b19-18+/t29-/m1/s1. The highest BCUT2D eigenvalue weighted by Gasteiger charge is 2.34. The molecule has 4 rings (SSSR count). The molecule has 0 saturated carbocycles. The second-order valence-corrected chi connectivity index (χ2v) is 10.5. The van der Waals surface area contributed by atoms with Crippen LogP contribution in [0.5, 0.6) is 5.75 Å². The molecule has 0 saturated heterocycles. The number of anilines is 3. The Bertz CT molecular complexity index is 1520. The minimum Gasteiger partial charge on any atom is -0.507 e. The van der Waals surface area contributed by atoms with Crippen LogP contribution in [0, 0.1) is 5.41 Å². The molecule has 39 heavy (non-hydrogen) atoms. The monoisotopic (exact) mass is 541 g/mol. The van der Waals surface area contributed by atoms with Crippen molar-refractivity contribution >= 4 is 51.6 Å². The molecule has 0 bridgehead atoms. The van der Waals surface area contributed by atoms with Crippen LogP contribution >= 0.6 is 11.8 Å². The lowest BCUT2D eigenvalue weighted by atomic mass is 9.80. The smallest absolute Gasteiger partial charge is 0.412 e. The van der Waals surface area contributed by atoms with Crippen LogP contribution in [0.25, 0.3) is 10.8 Å². The average Bonchev–Trinajstić information content (AvgIpc) is 2.93. The number of amides is 2. The van der Waals surface area contributed by atoms with Gasteiger partial charge in [0.15, 0.2) is 0 Å². The summed E-state index contributed by atoms with van der Waals surface area (Å²) in [4.78, 5) is 26.9. The second-order valence-electron chi connectivity index (χ2n) is 9.59. The lowest BCUT2D eigenvalue weighted by Gasteiger charge is -2.32. The Morgan fingerprint density at radius 2 is 1.59 bits per heavy atom. The van der Waals surface area contributed by atoms with E-state index in [2.05, 4.69) is 10.6 Å². The van der Waals surface area contributed by atoms with E-state index in [1.807, 2.05) is 62.6 Å². The number of hydrogen-bond acceptors (Lipinski definition) is 6. The molecular formula is C31H31N3O4S. The van der Waals surface area contributed by atoms with Crippen molar-refractivity contribution in [3.05, 3.63) is 103 Å². The minimum atomic E-state index is -0.834. The molecule has 2 amide bonds. The number of phenols is 1. The highest BCUT2D eigenvalue weighted by atomic mass is 32.2. The number of rotatable bonds is 8. The summed E-state index contributed by atoms with van der Waals surface area (Å²) in [7, 11) is 0. The molecule has 8 heteroatoms. The maximum absolute atomic E-state index is 13.1. The van der Waals surface area contributed by atoms with Gasteiger partial charge >= 0.3 is 6.09 Å². The van der Waals surface area contributed by atoms with Crippen molar-refractivity contribution in [1.82, 2.24) is 0 Å². The molecule has 0 aliphatic rings. The Balaban J connectivity index is 1.65. The maximum atomic E-state index is 13.1. The number of ether oxygens (including phenoxy) is 1. The molecular weight excluding hydrogens is 510 g/mol. The average molecular weight is 542 g/mol. The number of phenolic OH excluding ortho intramolecular Hbond substituents is 1. The summed E-state index contributed by atoms with van der Waals surface area (Å²) in [5.41, 5.74) is 7.37. The first-order chi connectivity index (χ1) is 18.7. The second kappa shape index (κ2) is 12.0. The number of hydrogen-bond donors (Lipinski definition) is 4. The molecule has 4 aromatic carbocycles. The summed E-state index contributed by atoms with van der Waals surface area (Å²) in [5.74, 6) is -0.242. The Morgan fingerprint density at radius 1 is 0.923 bits per heavy atom. The molecule has 5 N–H and O–H groups in total. The largest absolute Gasteiger partial charge is 0.507 e. The molecule has 0 aromatic heterocycles. The molecule has 0 heterocycles. The Kier molecular flexibility index (Phi) is 8.46. The van der Waals surface area contributed by atoms with E-state index in [1.165, 1.54) is 6.08 Å². The molecule has 0 spiro atoms. The first-order valence-corrected chi connectivity index (χ1v) is 13.6. The van der Waals surface area contributed by atoms with E-state index in [0.29, 0.717) is 28.0 Å². The van der Waals surface area contributed by atoms with Gasteiger partial charge in [0.25, 0.3) is 0 Å². The van der Waals surface area contributed by atoms with Crippen LogP contribution in [0.2, 0.25) is 0 Å². The minimum absolute atomic E-state index is 0.125. The van der Waals surface area contributed by atoms with Gasteiger partial charge in [-0.3, -0.25) is 10.1 Å². The zero-order valence-corrected chi connectivity index (χ0v) is 22.8. The van der Waals surface area contributed by atoms with Gasteiger partial charge in [-0.25, -0.2) is 4.79 Å². The van der Waals surface area contributed by atoms with Crippen molar-refractivity contribution in [2.24, 2.45) is 5.41 Å². The number of benzene rings is 4. The lowest BCUT2D eigenvalue weighted by molar-refractivity contribution is -0.112. The fourth-order valence-electron chi connectivity index (χ4n) is 4.24. The van der Waals surface area contributed by atoms with Gasteiger partial charge in [-0.15, -0.1) is 11.8 Å². The van der Waals surface area contributed by atoms with Crippen LogP contribution in [-0.4, -0.2) is 23.4 Å². The van der Waals surface area contributed by atoms with Crippen molar-refractivity contribution in [2.75, 3.05) is 22.6 Å². The molecule has 0 aliphatic heterocycles. The number of para-hydroxylation sites is 2. The van der Waals surface area contributed by atoms with Crippen molar-refractivity contribution in [1.29, 1.82) is 0 Å². The molecule has 0 aliphatic carbocycles. The first kappa shape index (κ1) is 27.6. The van der Waals surface area contributed by atoms with Crippen molar-refractivity contribution in [2.45, 2.75) is 24.8 Å². The molecule has 200 valence electrons. The van der Waals surface area contributed by atoms with E-state index in [-0.39, 0.29) is 11.7 Å². The topological polar surface area (TPSA) is 114 Å². The third-order valence-electron chi connectivity index (χ3n) is 6.34. The van der Waals surface area contributed by atoms with E-state index in [0.717, 1.165) is 10.3 Å². The van der Waals surface area contributed by atoms with Gasteiger partial charge in [-0.1, -0.05) is 62.4 Å². The third kappa shape index (κ3) is 6.72. The van der Waals surface area contributed by atoms with Gasteiger partial charge in [-0.2, -0.15) is 0 Å². The number of aromatic hydroxyl groups is 1. The van der Waals surface area contributed by atoms with Crippen LogP contribution in [0.4, 0.5) is 21.9 Å². The van der Waals surface area contributed by atoms with Gasteiger partial charge in [-0.05, 0) is 60.2 Å². The quantitative estimate of drug-likeness (QED) is 0.105. The summed E-state index contributed by atoms with van der Waals surface area (Å²) in [5, 5.41) is 17.4. The van der Waals surface area contributed by atoms with Gasteiger partial charge < -0.3 is 20.9 Å². The molecule has 4 aromatic rings. The summed E-state index contributed by atoms with van der Waals surface area (Å²) in [6.45, 7) is 3.75. The number of fused-ring (bicyclic) bond motifs is 1. The number of nitrogen functional groups attached to an aromatic ring is 1. The fourth-order valence-corrected chi connectivity index (χ4v) is 4.65. The van der Waals surface area contributed by atoms with Gasteiger partial charge in [0, 0.05) is 26.9 Å². The summed E-state index contributed by atoms with van der Waals surface area (Å²) >= 11 is 1.61. The van der Waals surface area contributed by atoms with Crippen LogP contribution in [0.1, 0.15) is 25.5 Å². The van der Waals surface area contributed by atoms with E-state index >= 15 is 0 Å². The van der Waals surface area contributed by atoms with E-state index in [9.17, 15) is 14.7 Å². The van der Waals surface area contributed by atoms with Gasteiger partial charge in [0.05, 0.1) is 11.4 Å². The Hall–Kier alpha value is -4.43. The normalized spacial score (nSPS) is 12.3. The number of nitrogens with one attached hydrogen (secondary N) is 2. The molecule has 0 radical (unpaired) electrons. The molecule has 0 unspecified atom stereocenters. The predicted octanol–water partition coefficient (Wildman–Crippen LogP) is 7.36. The SMILES string of the molecule is CSc1ccc(NC(=O)O[C@H](c2ccc(O)c3ccccc23)C(C)(C)/C=C/C(=O)Nc2ccccc2N)cc1. The summed E-state index contributed by atoms with van der Waals surface area (Å²) < 4.78 is 6.04. The zero-order chi connectivity index (χ0) is 28.0. The number of carbonyl (C=O) groups excluding carboxylic acids is 2. The molecule has 0 fully saturated rings. The lowest BCUT2D eigenvalue weighted by Crippen LogP contribution is -2.28. The summed E-state index contributed by atoms with van der Waals surface area (Å²) in [6.07, 6.45) is 3.64. The molecule has 1 atom stereocenters. The number of nitrogens with two attached hydrogens (primary N) is 1. The number of thioether (sulfide) groups is 1. The van der Waals surface area contributed by atoms with Gasteiger partial charge in [0.2, 0.25) is 5.91 Å². The van der Waals surface area contributed by atoms with Gasteiger partial charge in [0.1, 0.15) is 11.9 Å². The van der Waals surface area contributed by atoms with Crippen LogP contribution in [-0.2, 0) is 9.53 Å². The third-order valence-corrected chi connectivity index (χ3v) is 7.08. The highest BCUT2D eigenvalue weighted by molar-refractivity contribution is 7.98. The highest BCUT2D eigenvalue weighted by Crippen LogP contribution is 2.42. The van der Waals surface area contributed by atoms with Crippen molar-refractivity contribution in [3.8, 4) is 5.75 Å². The van der Waals surface area contributed by atoms with E-state index < -0.39 is 17.6 Å². The van der Waals surface area contributed by atoms with Crippen molar-refractivity contribution in [3.63, 3.8) is 0 Å². The molecule has 7 nitrogen and oxygen atoms in total. The Labute approximate surface area is 232 Å². The number of carbonyl (C=O) groups is 2. The first-order valence-electron chi connectivity index (χ1n) is 12.3. The van der Waals surface area contributed by atoms with E-state index in [1.54, 1.807) is 60.3 Å². The van der Waals surface area contributed by atoms with Crippen LogP contribution < -0.4 is 16.4 Å². The van der Waals surface area contributed by atoms with Crippen molar-refractivity contribution < 1.29 is 19.4 Å². The summed E-state index contributed by atoms with van der Waals surface area (Å²) in [6, 6.07) is 25.1. The predicted molar refractivity (Wildman–Crippen MR) is 159 cm³/mol. The van der Waals surface area contributed by atoms with Crippen LogP contribution in [0.15, 0.2) is 102 Å². The maximum Gasteiger partial charge on any atom is 0.412 e. The zero-order valence-electron chi connectivity index (χ0n) is 22.0. The van der Waals surface area contributed by atoms with Crippen LogP contribution in [0.3, 0.4) is 0 Å². The Morgan fingerprint density at radius 3 is 2.28 bits per heavy atom. The fraction of sp³-hybridized carbons (Fsp3) is 0.161.